The molecule has 3 aliphatic rings. The van der Waals surface area contributed by atoms with Crippen molar-refractivity contribution in [3.8, 4) is 0 Å². The van der Waals surface area contributed by atoms with Crippen LogP contribution in [0.15, 0.2) is 0 Å². The minimum absolute atomic E-state index is 1.03. The zero-order valence-corrected chi connectivity index (χ0v) is 11.5. The molecular formula is C16H29N. The molecule has 0 aromatic rings. The Kier molecular flexibility index (Phi) is 3.75. The monoisotopic (exact) mass is 235 g/mol. The highest BCUT2D eigenvalue weighted by Gasteiger charge is 2.42. The maximum absolute atomic E-state index is 3.63. The first-order chi connectivity index (χ1) is 8.36. The predicted molar refractivity (Wildman–Crippen MR) is 72.9 cm³/mol. The summed E-state index contributed by atoms with van der Waals surface area (Å²) in [6.07, 6.45) is 12.2. The molecule has 3 aliphatic carbocycles. The van der Waals surface area contributed by atoms with Gasteiger partial charge in [0.05, 0.1) is 0 Å². The summed E-state index contributed by atoms with van der Waals surface area (Å²) >= 11 is 0. The van der Waals surface area contributed by atoms with Crippen LogP contribution in [0.25, 0.3) is 0 Å². The second kappa shape index (κ2) is 5.30. The van der Waals surface area contributed by atoms with E-state index in [1.54, 1.807) is 32.1 Å². The lowest BCUT2D eigenvalue weighted by atomic mass is 9.67. The zero-order valence-electron chi connectivity index (χ0n) is 11.5. The van der Waals surface area contributed by atoms with E-state index in [1.807, 2.05) is 0 Å². The number of hydrogen-bond acceptors (Lipinski definition) is 1. The lowest BCUT2D eigenvalue weighted by molar-refractivity contribution is 0.120. The van der Waals surface area contributed by atoms with Gasteiger partial charge in [0, 0.05) is 0 Å². The molecule has 98 valence electrons. The van der Waals surface area contributed by atoms with Gasteiger partial charge in [0.15, 0.2) is 0 Å². The third-order valence-electron chi connectivity index (χ3n) is 5.90. The Hall–Kier alpha value is -0.0400. The van der Waals surface area contributed by atoms with Crippen LogP contribution in [0.4, 0.5) is 0 Å². The van der Waals surface area contributed by atoms with Crippen molar-refractivity contribution < 1.29 is 0 Å². The van der Waals surface area contributed by atoms with Gasteiger partial charge in [-0.3, -0.25) is 0 Å². The average molecular weight is 235 g/mol. The van der Waals surface area contributed by atoms with Crippen LogP contribution in [0.1, 0.15) is 58.3 Å². The van der Waals surface area contributed by atoms with Crippen LogP contribution in [-0.4, -0.2) is 13.1 Å². The van der Waals surface area contributed by atoms with Crippen molar-refractivity contribution in [3.63, 3.8) is 0 Å². The van der Waals surface area contributed by atoms with E-state index in [1.165, 1.54) is 32.4 Å². The molecule has 0 radical (unpaired) electrons. The van der Waals surface area contributed by atoms with Crippen LogP contribution in [0.3, 0.4) is 0 Å². The van der Waals surface area contributed by atoms with Gasteiger partial charge in [-0.15, -0.1) is 0 Å². The van der Waals surface area contributed by atoms with Gasteiger partial charge in [-0.2, -0.15) is 0 Å². The first-order valence-electron chi connectivity index (χ1n) is 8.07. The molecular weight excluding hydrogens is 206 g/mol. The van der Waals surface area contributed by atoms with Crippen LogP contribution in [0.2, 0.25) is 0 Å². The Morgan fingerprint density at radius 2 is 1.82 bits per heavy atom. The van der Waals surface area contributed by atoms with Gasteiger partial charge in [0.2, 0.25) is 0 Å². The van der Waals surface area contributed by atoms with E-state index >= 15 is 0 Å². The summed E-state index contributed by atoms with van der Waals surface area (Å²) in [4.78, 5) is 0. The molecule has 0 spiro atoms. The van der Waals surface area contributed by atoms with Gasteiger partial charge in [0.25, 0.3) is 0 Å². The van der Waals surface area contributed by atoms with Crippen LogP contribution in [0.5, 0.6) is 0 Å². The Morgan fingerprint density at radius 3 is 2.41 bits per heavy atom. The molecule has 5 unspecified atom stereocenters. The predicted octanol–water partition coefficient (Wildman–Crippen LogP) is 3.84. The molecule has 3 fully saturated rings. The van der Waals surface area contributed by atoms with E-state index in [2.05, 4.69) is 12.2 Å². The summed E-state index contributed by atoms with van der Waals surface area (Å²) in [7, 11) is 0. The highest BCUT2D eigenvalue weighted by Crippen LogP contribution is 2.52. The van der Waals surface area contributed by atoms with Crippen molar-refractivity contribution in [2.75, 3.05) is 13.1 Å². The number of hydrogen-bond donors (Lipinski definition) is 1. The van der Waals surface area contributed by atoms with Crippen molar-refractivity contribution in [3.05, 3.63) is 0 Å². The normalized spacial score (nSPS) is 43.9. The molecule has 0 heterocycles. The fourth-order valence-electron chi connectivity index (χ4n) is 4.74. The standard InChI is InChI=1S/C16H29N/c1-2-7-17-11-15-6-5-14(15)10-16-9-12-3-4-13(16)8-12/h12-17H,2-11H2,1H3. The molecule has 1 heteroatoms. The highest BCUT2D eigenvalue weighted by molar-refractivity contribution is 4.93. The summed E-state index contributed by atoms with van der Waals surface area (Å²) in [5.41, 5.74) is 0. The van der Waals surface area contributed by atoms with E-state index < -0.39 is 0 Å². The zero-order chi connectivity index (χ0) is 11.7. The van der Waals surface area contributed by atoms with E-state index in [4.69, 9.17) is 0 Å². The van der Waals surface area contributed by atoms with E-state index in [0.717, 1.165) is 29.6 Å². The van der Waals surface area contributed by atoms with Crippen LogP contribution in [-0.2, 0) is 0 Å². The van der Waals surface area contributed by atoms with Crippen molar-refractivity contribution in [1.82, 2.24) is 5.32 Å². The topological polar surface area (TPSA) is 12.0 Å². The van der Waals surface area contributed by atoms with Crippen LogP contribution >= 0.6 is 0 Å². The smallest absolute Gasteiger partial charge is 0.00179 e. The first-order valence-corrected chi connectivity index (χ1v) is 8.07. The van der Waals surface area contributed by atoms with Gasteiger partial charge in [-0.05, 0) is 87.6 Å². The van der Waals surface area contributed by atoms with E-state index in [0.29, 0.717) is 0 Å². The third kappa shape index (κ3) is 2.54. The summed E-state index contributed by atoms with van der Waals surface area (Å²) in [6.45, 7) is 4.79. The Balaban J connectivity index is 1.40. The van der Waals surface area contributed by atoms with Crippen LogP contribution < -0.4 is 5.32 Å². The summed E-state index contributed by atoms with van der Waals surface area (Å²) in [6, 6.07) is 0. The maximum atomic E-state index is 3.63. The van der Waals surface area contributed by atoms with Crippen molar-refractivity contribution >= 4 is 0 Å². The second-order valence-electron chi connectivity index (χ2n) is 6.97. The van der Waals surface area contributed by atoms with E-state index in [-0.39, 0.29) is 0 Å². The molecule has 0 aromatic heterocycles. The quantitative estimate of drug-likeness (QED) is 0.690. The Morgan fingerprint density at radius 1 is 0.941 bits per heavy atom. The summed E-state index contributed by atoms with van der Waals surface area (Å²) in [5.74, 6) is 5.53. The molecule has 0 saturated heterocycles. The minimum Gasteiger partial charge on any atom is -0.316 e. The molecule has 1 N–H and O–H groups in total. The second-order valence-corrected chi connectivity index (χ2v) is 6.97. The molecule has 0 amide bonds. The molecule has 3 saturated carbocycles. The van der Waals surface area contributed by atoms with Crippen molar-refractivity contribution in [2.45, 2.75) is 58.3 Å². The van der Waals surface area contributed by atoms with Crippen molar-refractivity contribution in [2.24, 2.45) is 29.6 Å². The molecule has 3 rings (SSSR count). The van der Waals surface area contributed by atoms with Crippen molar-refractivity contribution in [1.29, 1.82) is 0 Å². The average Bonchev–Trinajstić information content (AvgIpc) is 2.92. The SMILES string of the molecule is CCCNCC1CCC1CC1CC2CCC1C2. The Labute approximate surface area is 107 Å². The van der Waals surface area contributed by atoms with Crippen LogP contribution in [0, 0.1) is 29.6 Å². The van der Waals surface area contributed by atoms with Gasteiger partial charge < -0.3 is 5.32 Å². The number of rotatable bonds is 6. The lowest BCUT2D eigenvalue weighted by Crippen LogP contribution is -2.37. The number of fused-ring (bicyclic) bond motifs is 2. The van der Waals surface area contributed by atoms with Gasteiger partial charge in [-0.25, -0.2) is 0 Å². The molecule has 5 atom stereocenters. The van der Waals surface area contributed by atoms with E-state index in [9.17, 15) is 0 Å². The fourth-order valence-corrected chi connectivity index (χ4v) is 4.74. The van der Waals surface area contributed by atoms with Gasteiger partial charge in [0.1, 0.15) is 0 Å². The minimum atomic E-state index is 1.03. The molecule has 1 nitrogen and oxygen atoms in total. The Bertz CT molecular complexity index is 250. The van der Waals surface area contributed by atoms with Gasteiger partial charge >= 0.3 is 0 Å². The van der Waals surface area contributed by atoms with Gasteiger partial charge in [-0.1, -0.05) is 13.3 Å². The maximum Gasteiger partial charge on any atom is -0.00179 e. The fraction of sp³-hybridized carbons (Fsp3) is 1.00. The number of nitrogens with one attached hydrogen (secondary N) is 1. The lowest BCUT2D eigenvalue weighted by Gasteiger charge is -2.40. The molecule has 0 aliphatic heterocycles. The summed E-state index contributed by atoms with van der Waals surface area (Å²) < 4.78 is 0. The largest absolute Gasteiger partial charge is 0.316 e. The summed E-state index contributed by atoms with van der Waals surface area (Å²) in [5, 5.41) is 3.63. The highest BCUT2D eigenvalue weighted by atomic mass is 14.9. The third-order valence-corrected chi connectivity index (χ3v) is 5.90. The molecule has 17 heavy (non-hydrogen) atoms. The molecule has 2 bridgehead atoms. The molecule has 0 aromatic carbocycles. The first kappa shape index (κ1) is 12.0.